The summed E-state index contributed by atoms with van der Waals surface area (Å²) in [5, 5.41) is 13.8. The van der Waals surface area contributed by atoms with Crippen molar-refractivity contribution in [2.24, 2.45) is 0 Å². The van der Waals surface area contributed by atoms with Crippen molar-refractivity contribution in [3.63, 3.8) is 0 Å². The lowest BCUT2D eigenvalue weighted by Crippen LogP contribution is -1.99. The highest BCUT2D eigenvalue weighted by atomic mass is 16.6. The molecular formula is C12H9N5O2. The van der Waals surface area contributed by atoms with Crippen molar-refractivity contribution in [2.75, 3.05) is 5.32 Å². The summed E-state index contributed by atoms with van der Waals surface area (Å²) in [5.41, 5.74) is 2.33. The number of nitro groups is 1. The Kier molecular flexibility index (Phi) is 2.57. The first-order valence-electron chi connectivity index (χ1n) is 5.53. The molecule has 2 aromatic heterocycles. The Hall–Kier alpha value is -2.96. The van der Waals surface area contributed by atoms with E-state index >= 15 is 0 Å². The summed E-state index contributed by atoms with van der Waals surface area (Å²) in [6, 6.07) is 8.37. The van der Waals surface area contributed by atoms with Crippen LogP contribution in [0.25, 0.3) is 11.0 Å². The van der Waals surface area contributed by atoms with E-state index in [1.54, 1.807) is 12.4 Å². The fourth-order valence-corrected chi connectivity index (χ4v) is 1.79. The Morgan fingerprint density at radius 3 is 3.00 bits per heavy atom. The molecule has 0 saturated heterocycles. The number of pyridine rings is 1. The average molecular weight is 255 g/mol. The molecule has 0 atom stereocenters. The summed E-state index contributed by atoms with van der Waals surface area (Å²) in [6.07, 6.45) is 3.10. The van der Waals surface area contributed by atoms with Gasteiger partial charge in [-0.3, -0.25) is 10.1 Å². The first-order chi connectivity index (χ1) is 9.24. The predicted molar refractivity (Wildman–Crippen MR) is 70.3 cm³/mol. The van der Waals surface area contributed by atoms with Crippen LogP contribution < -0.4 is 5.32 Å². The van der Waals surface area contributed by atoms with Crippen LogP contribution in [0.1, 0.15) is 0 Å². The van der Waals surface area contributed by atoms with Gasteiger partial charge < -0.3 is 10.3 Å². The third-order valence-electron chi connectivity index (χ3n) is 2.67. The van der Waals surface area contributed by atoms with Gasteiger partial charge in [0.2, 0.25) is 5.82 Å². The van der Waals surface area contributed by atoms with E-state index < -0.39 is 4.92 Å². The van der Waals surface area contributed by atoms with Crippen molar-refractivity contribution in [2.45, 2.75) is 0 Å². The molecule has 3 aromatic rings. The number of hydrogen-bond acceptors (Lipinski definition) is 5. The summed E-state index contributed by atoms with van der Waals surface area (Å²) >= 11 is 0. The van der Waals surface area contributed by atoms with Gasteiger partial charge in [-0.15, -0.1) is 0 Å². The molecule has 0 radical (unpaired) electrons. The Labute approximate surface area is 107 Å². The quantitative estimate of drug-likeness (QED) is 0.553. The number of anilines is 2. The zero-order valence-corrected chi connectivity index (χ0v) is 9.70. The molecule has 0 bridgehead atoms. The zero-order valence-electron chi connectivity index (χ0n) is 9.70. The molecule has 94 valence electrons. The van der Waals surface area contributed by atoms with Gasteiger partial charge in [0.05, 0.1) is 22.3 Å². The molecule has 1 aromatic carbocycles. The number of imidazole rings is 1. The highest BCUT2D eigenvalue weighted by molar-refractivity contribution is 5.80. The van der Waals surface area contributed by atoms with E-state index in [9.17, 15) is 10.1 Å². The van der Waals surface area contributed by atoms with Crippen LogP contribution >= 0.6 is 0 Å². The fourth-order valence-electron chi connectivity index (χ4n) is 1.79. The third-order valence-corrected chi connectivity index (χ3v) is 2.67. The largest absolute Gasteiger partial charge is 0.345 e. The molecule has 0 amide bonds. The van der Waals surface area contributed by atoms with Gasteiger partial charge in [0.25, 0.3) is 0 Å². The van der Waals surface area contributed by atoms with E-state index in [4.69, 9.17) is 0 Å². The number of nitrogens with zero attached hydrogens (tertiary/aromatic N) is 3. The molecule has 7 nitrogen and oxygen atoms in total. The molecule has 0 saturated carbocycles. The van der Waals surface area contributed by atoms with Gasteiger partial charge in [-0.1, -0.05) is 0 Å². The second kappa shape index (κ2) is 4.37. The number of H-pyrrole nitrogens is 1. The van der Waals surface area contributed by atoms with Gasteiger partial charge in [-0.05, 0) is 24.3 Å². The van der Waals surface area contributed by atoms with Gasteiger partial charge in [-0.2, -0.15) is 0 Å². The normalized spacial score (nSPS) is 10.5. The lowest BCUT2D eigenvalue weighted by molar-refractivity contribution is -0.384. The molecule has 0 aliphatic carbocycles. The van der Waals surface area contributed by atoms with Crippen LogP contribution in [0, 0.1) is 10.1 Å². The van der Waals surface area contributed by atoms with Crippen molar-refractivity contribution in [3.8, 4) is 0 Å². The number of hydrogen-bond donors (Lipinski definition) is 2. The number of aromatic nitrogens is 3. The first kappa shape index (κ1) is 11.1. The van der Waals surface area contributed by atoms with Crippen molar-refractivity contribution in [1.29, 1.82) is 0 Å². The first-order valence-corrected chi connectivity index (χ1v) is 5.53. The molecule has 7 heteroatoms. The number of benzene rings is 1. The van der Waals surface area contributed by atoms with Crippen LogP contribution in [-0.2, 0) is 0 Å². The molecule has 0 aliphatic rings. The molecule has 0 fully saturated rings. The molecule has 2 N–H and O–H groups in total. The van der Waals surface area contributed by atoms with Gasteiger partial charge in [0, 0.05) is 18.0 Å². The van der Waals surface area contributed by atoms with E-state index in [-0.39, 0.29) is 11.5 Å². The van der Waals surface area contributed by atoms with Gasteiger partial charge in [0.1, 0.15) is 0 Å². The Morgan fingerprint density at radius 2 is 2.16 bits per heavy atom. The van der Waals surface area contributed by atoms with Crippen molar-refractivity contribution >= 4 is 28.2 Å². The Morgan fingerprint density at radius 1 is 1.26 bits per heavy atom. The van der Waals surface area contributed by atoms with Crippen LogP contribution in [0.3, 0.4) is 0 Å². The molecule has 2 heterocycles. The van der Waals surface area contributed by atoms with Crippen LogP contribution in [0.4, 0.5) is 17.2 Å². The van der Waals surface area contributed by atoms with Gasteiger partial charge >= 0.3 is 5.69 Å². The van der Waals surface area contributed by atoms with E-state index in [2.05, 4.69) is 20.3 Å². The SMILES string of the molecule is O=[N+]([O-])c1cccnc1Nc1ccc2nc[nH]c2c1. The van der Waals surface area contributed by atoms with E-state index in [1.807, 2.05) is 12.1 Å². The smallest absolute Gasteiger partial charge is 0.311 e. The van der Waals surface area contributed by atoms with E-state index in [0.29, 0.717) is 5.69 Å². The van der Waals surface area contributed by atoms with Crippen molar-refractivity contribution in [1.82, 2.24) is 15.0 Å². The maximum Gasteiger partial charge on any atom is 0.311 e. The monoisotopic (exact) mass is 255 g/mol. The van der Waals surface area contributed by atoms with Crippen LogP contribution in [0.15, 0.2) is 42.9 Å². The standard InChI is InChI=1S/C12H9N5O2/c18-17(19)11-2-1-5-13-12(11)16-8-3-4-9-10(6-8)15-7-14-9/h1-7H,(H,13,16)(H,14,15). The highest BCUT2D eigenvalue weighted by Crippen LogP contribution is 2.25. The average Bonchev–Trinajstić information content (AvgIpc) is 2.86. The minimum atomic E-state index is -0.468. The highest BCUT2D eigenvalue weighted by Gasteiger charge is 2.14. The number of aromatic amines is 1. The molecular weight excluding hydrogens is 246 g/mol. The van der Waals surface area contributed by atoms with Crippen LogP contribution in [0.2, 0.25) is 0 Å². The van der Waals surface area contributed by atoms with E-state index in [1.165, 1.54) is 18.3 Å². The number of rotatable bonds is 3. The second-order valence-corrected chi connectivity index (χ2v) is 3.89. The summed E-state index contributed by atoms with van der Waals surface area (Å²) < 4.78 is 0. The molecule has 0 spiro atoms. The van der Waals surface area contributed by atoms with Gasteiger partial charge in [-0.25, -0.2) is 9.97 Å². The predicted octanol–water partition coefficient (Wildman–Crippen LogP) is 2.61. The molecule has 19 heavy (non-hydrogen) atoms. The van der Waals surface area contributed by atoms with Crippen LogP contribution in [-0.4, -0.2) is 19.9 Å². The number of fused-ring (bicyclic) bond motifs is 1. The van der Waals surface area contributed by atoms with Crippen molar-refractivity contribution in [3.05, 3.63) is 53.0 Å². The lowest BCUT2D eigenvalue weighted by Gasteiger charge is -2.05. The topological polar surface area (TPSA) is 96.7 Å². The summed E-state index contributed by atoms with van der Waals surface area (Å²) in [5.74, 6) is 0.214. The van der Waals surface area contributed by atoms with E-state index in [0.717, 1.165) is 11.0 Å². The maximum atomic E-state index is 10.9. The van der Waals surface area contributed by atoms with Gasteiger partial charge in [0.15, 0.2) is 0 Å². The van der Waals surface area contributed by atoms with Crippen LogP contribution in [0.5, 0.6) is 0 Å². The fraction of sp³-hybridized carbons (Fsp3) is 0. The Balaban J connectivity index is 1.98. The molecule has 0 unspecified atom stereocenters. The lowest BCUT2D eigenvalue weighted by atomic mass is 10.2. The zero-order chi connectivity index (χ0) is 13.2. The van der Waals surface area contributed by atoms with Crippen molar-refractivity contribution < 1.29 is 4.92 Å². The maximum absolute atomic E-state index is 10.9. The molecule has 0 aliphatic heterocycles. The second-order valence-electron chi connectivity index (χ2n) is 3.89. The third kappa shape index (κ3) is 2.08. The summed E-state index contributed by atoms with van der Waals surface area (Å²) in [4.78, 5) is 21.5. The summed E-state index contributed by atoms with van der Waals surface area (Å²) in [6.45, 7) is 0. The molecule has 3 rings (SSSR count). The minimum Gasteiger partial charge on any atom is -0.345 e. The number of nitrogens with one attached hydrogen (secondary N) is 2. The Bertz CT molecular complexity index is 752. The summed E-state index contributed by atoms with van der Waals surface area (Å²) in [7, 11) is 0. The minimum absolute atomic E-state index is 0.0628.